The Labute approximate surface area is 143 Å². The lowest BCUT2D eigenvalue weighted by Crippen LogP contribution is -2.34. The third-order valence-corrected chi connectivity index (χ3v) is 4.96. The van der Waals surface area contributed by atoms with Crippen LogP contribution < -0.4 is 15.0 Å². The first-order valence-electron chi connectivity index (χ1n) is 8.98. The molecular weight excluding hydrogens is 304 g/mol. The quantitative estimate of drug-likeness (QED) is 0.872. The summed E-state index contributed by atoms with van der Waals surface area (Å²) in [7, 11) is 0. The average molecular weight is 330 g/mol. The number of rotatable bonds is 6. The predicted molar refractivity (Wildman–Crippen MR) is 93.0 cm³/mol. The van der Waals surface area contributed by atoms with Crippen LogP contribution in [0.1, 0.15) is 39.0 Å². The first-order chi connectivity index (χ1) is 11.7. The summed E-state index contributed by atoms with van der Waals surface area (Å²) >= 11 is 0. The number of amides is 2. The maximum Gasteiger partial charge on any atom is 0.227 e. The van der Waals surface area contributed by atoms with E-state index in [1.807, 2.05) is 36.1 Å². The molecule has 1 atom stereocenters. The largest absolute Gasteiger partial charge is 0.494 e. The maximum absolute atomic E-state index is 12.3. The van der Waals surface area contributed by atoms with Crippen molar-refractivity contribution in [2.45, 2.75) is 39.0 Å². The summed E-state index contributed by atoms with van der Waals surface area (Å²) in [6, 6.07) is 7.62. The Bertz CT molecular complexity index is 579. The fourth-order valence-corrected chi connectivity index (χ4v) is 3.63. The van der Waals surface area contributed by atoms with Gasteiger partial charge in [0.05, 0.1) is 6.61 Å². The summed E-state index contributed by atoms with van der Waals surface area (Å²) in [5, 5.41) is 3.05. The molecule has 0 spiro atoms. The molecule has 1 N–H and O–H groups in total. The molecule has 1 saturated heterocycles. The molecule has 5 heteroatoms. The molecule has 0 bridgehead atoms. The van der Waals surface area contributed by atoms with Crippen LogP contribution in [0.4, 0.5) is 5.69 Å². The van der Waals surface area contributed by atoms with Gasteiger partial charge >= 0.3 is 0 Å². The van der Waals surface area contributed by atoms with Gasteiger partial charge in [-0.1, -0.05) is 12.8 Å². The molecule has 130 valence electrons. The number of benzene rings is 1. The van der Waals surface area contributed by atoms with Gasteiger partial charge in [0.25, 0.3) is 0 Å². The Morgan fingerprint density at radius 1 is 1.25 bits per heavy atom. The number of carbonyl (C=O) groups is 2. The van der Waals surface area contributed by atoms with Gasteiger partial charge in [-0.15, -0.1) is 0 Å². The Morgan fingerprint density at radius 2 is 1.96 bits per heavy atom. The van der Waals surface area contributed by atoms with E-state index >= 15 is 0 Å². The van der Waals surface area contributed by atoms with Gasteiger partial charge in [-0.2, -0.15) is 0 Å². The SMILES string of the molecule is CCOc1ccc(N2C[C@H](CNC(=O)C3CCCC3)CC2=O)cc1. The summed E-state index contributed by atoms with van der Waals surface area (Å²) < 4.78 is 5.43. The van der Waals surface area contributed by atoms with Crippen LogP contribution in [0.2, 0.25) is 0 Å². The highest BCUT2D eigenvalue weighted by molar-refractivity contribution is 5.95. The summed E-state index contributed by atoms with van der Waals surface area (Å²) in [5.41, 5.74) is 0.896. The van der Waals surface area contributed by atoms with Gasteiger partial charge < -0.3 is 15.0 Å². The van der Waals surface area contributed by atoms with Crippen molar-refractivity contribution in [3.8, 4) is 5.75 Å². The van der Waals surface area contributed by atoms with Crippen LogP contribution in [0, 0.1) is 11.8 Å². The second-order valence-corrected chi connectivity index (χ2v) is 6.73. The normalized spacial score (nSPS) is 21.3. The van der Waals surface area contributed by atoms with Crippen molar-refractivity contribution < 1.29 is 14.3 Å². The summed E-state index contributed by atoms with van der Waals surface area (Å²) in [4.78, 5) is 26.2. The number of hydrogen-bond acceptors (Lipinski definition) is 3. The zero-order valence-corrected chi connectivity index (χ0v) is 14.3. The van der Waals surface area contributed by atoms with Gasteiger partial charge in [-0.25, -0.2) is 0 Å². The minimum atomic E-state index is 0.124. The monoisotopic (exact) mass is 330 g/mol. The van der Waals surface area contributed by atoms with Crippen molar-refractivity contribution in [1.82, 2.24) is 5.32 Å². The van der Waals surface area contributed by atoms with Gasteiger partial charge in [0.2, 0.25) is 11.8 Å². The van der Waals surface area contributed by atoms with Crippen molar-refractivity contribution >= 4 is 17.5 Å². The number of carbonyl (C=O) groups excluding carboxylic acids is 2. The molecule has 3 rings (SSSR count). The lowest BCUT2D eigenvalue weighted by Gasteiger charge is -2.18. The molecule has 2 amide bonds. The van der Waals surface area contributed by atoms with Crippen LogP contribution in [-0.4, -0.2) is 31.5 Å². The molecular formula is C19H26N2O3. The van der Waals surface area contributed by atoms with E-state index in [4.69, 9.17) is 4.74 Å². The van der Waals surface area contributed by atoms with Crippen molar-refractivity contribution in [1.29, 1.82) is 0 Å². The van der Waals surface area contributed by atoms with Crippen LogP contribution in [0.3, 0.4) is 0 Å². The van der Waals surface area contributed by atoms with Crippen LogP contribution >= 0.6 is 0 Å². The molecule has 0 unspecified atom stereocenters. The van der Waals surface area contributed by atoms with E-state index in [1.54, 1.807) is 0 Å². The van der Waals surface area contributed by atoms with E-state index in [0.717, 1.165) is 37.1 Å². The van der Waals surface area contributed by atoms with Crippen LogP contribution in [0.5, 0.6) is 5.75 Å². The molecule has 1 aliphatic heterocycles. The molecule has 0 aromatic heterocycles. The second kappa shape index (κ2) is 7.69. The first kappa shape index (κ1) is 16.8. The minimum absolute atomic E-state index is 0.124. The molecule has 2 aliphatic rings. The fourth-order valence-electron chi connectivity index (χ4n) is 3.63. The van der Waals surface area contributed by atoms with Crippen LogP contribution in [0.25, 0.3) is 0 Å². The molecule has 2 fully saturated rings. The van der Waals surface area contributed by atoms with Crippen molar-refractivity contribution in [2.75, 3.05) is 24.6 Å². The molecule has 1 saturated carbocycles. The number of ether oxygens (including phenoxy) is 1. The molecule has 1 aliphatic carbocycles. The highest BCUT2D eigenvalue weighted by Crippen LogP contribution is 2.27. The number of hydrogen-bond donors (Lipinski definition) is 1. The minimum Gasteiger partial charge on any atom is -0.494 e. The van der Waals surface area contributed by atoms with Gasteiger partial charge in [0, 0.05) is 37.0 Å². The number of anilines is 1. The lowest BCUT2D eigenvalue weighted by molar-refractivity contribution is -0.125. The van der Waals surface area contributed by atoms with Crippen molar-refractivity contribution in [2.24, 2.45) is 11.8 Å². The average Bonchev–Trinajstić information content (AvgIpc) is 3.24. The molecule has 24 heavy (non-hydrogen) atoms. The topological polar surface area (TPSA) is 58.6 Å². The van der Waals surface area contributed by atoms with E-state index in [-0.39, 0.29) is 23.7 Å². The van der Waals surface area contributed by atoms with Gasteiger partial charge in [0.15, 0.2) is 0 Å². The third-order valence-electron chi connectivity index (χ3n) is 4.96. The van der Waals surface area contributed by atoms with E-state index in [0.29, 0.717) is 26.1 Å². The van der Waals surface area contributed by atoms with E-state index in [1.165, 1.54) is 0 Å². The zero-order valence-electron chi connectivity index (χ0n) is 14.3. The fraction of sp³-hybridized carbons (Fsp3) is 0.579. The van der Waals surface area contributed by atoms with Gasteiger partial charge in [-0.05, 0) is 44.0 Å². The van der Waals surface area contributed by atoms with E-state index in [2.05, 4.69) is 5.32 Å². The summed E-state index contributed by atoms with van der Waals surface area (Å²) in [6.45, 7) is 3.83. The van der Waals surface area contributed by atoms with E-state index < -0.39 is 0 Å². The maximum atomic E-state index is 12.3. The van der Waals surface area contributed by atoms with Gasteiger partial charge in [0.1, 0.15) is 5.75 Å². The number of nitrogens with one attached hydrogen (secondary N) is 1. The third kappa shape index (κ3) is 3.89. The molecule has 1 heterocycles. The Hall–Kier alpha value is -2.04. The Balaban J connectivity index is 1.52. The first-order valence-corrected chi connectivity index (χ1v) is 8.98. The Kier molecular flexibility index (Phi) is 5.38. The zero-order chi connectivity index (χ0) is 16.9. The highest BCUT2D eigenvalue weighted by Gasteiger charge is 2.31. The Morgan fingerprint density at radius 3 is 2.62 bits per heavy atom. The molecule has 5 nitrogen and oxygen atoms in total. The molecule has 1 aromatic rings. The number of nitrogens with zero attached hydrogens (tertiary/aromatic N) is 1. The highest BCUT2D eigenvalue weighted by atomic mass is 16.5. The molecule has 1 aromatic carbocycles. The second-order valence-electron chi connectivity index (χ2n) is 6.73. The smallest absolute Gasteiger partial charge is 0.227 e. The van der Waals surface area contributed by atoms with E-state index in [9.17, 15) is 9.59 Å². The van der Waals surface area contributed by atoms with Crippen molar-refractivity contribution in [3.05, 3.63) is 24.3 Å². The summed E-state index contributed by atoms with van der Waals surface area (Å²) in [5.74, 6) is 1.48. The predicted octanol–water partition coefficient (Wildman–Crippen LogP) is 2.74. The van der Waals surface area contributed by atoms with Crippen molar-refractivity contribution in [3.63, 3.8) is 0 Å². The standard InChI is InChI=1S/C19H26N2O3/c1-2-24-17-9-7-16(8-10-17)21-13-14(11-18(21)22)12-20-19(23)15-5-3-4-6-15/h7-10,14-15H,2-6,11-13H2,1H3,(H,20,23)/t14-/m0/s1. The molecule has 0 radical (unpaired) electrons. The summed E-state index contributed by atoms with van der Waals surface area (Å²) in [6.07, 6.45) is 4.83. The lowest BCUT2D eigenvalue weighted by atomic mass is 10.1. The van der Waals surface area contributed by atoms with Gasteiger partial charge in [-0.3, -0.25) is 9.59 Å². The van der Waals surface area contributed by atoms with Crippen LogP contribution in [-0.2, 0) is 9.59 Å². The van der Waals surface area contributed by atoms with Crippen LogP contribution in [0.15, 0.2) is 24.3 Å².